The Labute approximate surface area is 794 Å². The van der Waals surface area contributed by atoms with Crippen molar-refractivity contribution in [3.63, 3.8) is 0 Å². The van der Waals surface area contributed by atoms with Gasteiger partial charge in [0, 0.05) is 121 Å². The zero-order valence-corrected chi connectivity index (χ0v) is 79.1. The smallest absolute Gasteiger partial charge is 0.0434 e. The predicted molar refractivity (Wildman–Crippen MR) is 588 cm³/mol. The Hall–Kier alpha value is -14.3. The van der Waals surface area contributed by atoms with E-state index < -0.39 is 0 Å². The molecule has 0 spiro atoms. The Morgan fingerprint density at radius 1 is 0.121 bits per heavy atom. The molecule has 0 aliphatic carbocycles. The van der Waals surface area contributed by atoms with E-state index in [9.17, 15) is 0 Å². The van der Waals surface area contributed by atoms with Crippen molar-refractivity contribution < 1.29 is 0 Å². The van der Waals surface area contributed by atoms with E-state index in [1.54, 1.807) is 0 Å². The van der Waals surface area contributed by atoms with Crippen molar-refractivity contribution in [3.05, 3.63) is 482 Å². The van der Waals surface area contributed by atoms with Crippen molar-refractivity contribution in [2.45, 2.75) is 41.5 Å². The molecule has 6 aromatic heterocycles. The summed E-state index contributed by atoms with van der Waals surface area (Å²) in [4.78, 5) is 0. The van der Waals surface area contributed by atoms with Crippen LogP contribution in [0.4, 0.5) is 0 Å². The number of rotatable bonds is 8. The largest absolute Gasteiger partial charge is 0.135 e. The second-order valence-electron chi connectivity index (χ2n) is 33.9. The lowest BCUT2D eigenvalue weighted by atomic mass is 9.99. The molecule has 0 aliphatic heterocycles. The van der Waals surface area contributed by atoms with E-state index in [1.165, 1.54) is 243 Å². The minimum atomic E-state index is 1.26. The highest BCUT2D eigenvalue weighted by molar-refractivity contribution is 7.28. The molecule has 132 heavy (non-hydrogen) atoms. The van der Waals surface area contributed by atoms with Crippen LogP contribution in [0.15, 0.2) is 449 Å². The van der Waals surface area contributed by atoms with Crippen LogP contribution in [-0.2, 0) is 0 Å². The summed E-state index contributed by atoms with van der Waals surface area (Å²) in [6.45, 7) is 13.0. The Balaban J connectivity index is 0.0000000964. The Morgan fingerprint density at radius 3 is 0.727 bits per heavy atom. The quantitative estimate of drug-likeness (QED) is 0.142. The molecule has 0 bridgehead atoms. The summed E-state index contributed by atoms with van der Waals surface area (Å²) in [7, 11) is 0. The fourth-order valence-electron chi connectivity index (χ4n) is 18.4. The molecule has 20 aromatic carbocycles. The zero-order chi connectivity index (χ0) is 89.1. The van der Waals surface area contributed by atoms with Gasteiger partial charge in [-0.15, -0.1) is 68.0 Å². The van der Waals surface area contributed by atoms with Crippen LogP contribution < -0.4 is 0 Å². The number of aryl methyl sites for hydroxylation is 6. The van der Waals surface area contributed by atoms with E-state index in [1.807, 2.05) is 68.0 Å². The molecule has 0 nitrogen and oxygen atoms in total. The van der Waals surface area contributed by atoms with E-state index >= 15 is 0 Å². The molecule has 0 saturated heterocycles. The van der Waals surface area contributed by atoms with E-state index in [4.69, 9.17) is 0 Å². The van der Waals surface area contributed by atoms with Crippen molar-refractivity contribution >= 4 is 189 Å². The molecule has 0 amide bonds. The molecule has 0 unspecified atom stereocenters. The first-order valence-corrected chi connectivity index (χ1v) is 49.9. The monoisotopic (exact) mass is 1800 g/mol. The van der Waals surface area contributed by atoms with Gasteiger partial charge in [0.05, 0.1) is 0 Å². The number of fused-ring (bicyclic) bond motifs is 18. The van der Waals surface area contributed by atoms with Crippen LogP contribution in [0.1, 0.15) is 33.4 Å². The van der Waals surface area contributed by atoms with Gasteiger partial charge in [-0.05, 0) is 166 Å². The highest BCUT2D eigenvalue weighted by Crippen LogP contribution is 2.49. The SMILES string of the molecule is Cc1ccc(-c2cccc3c2sc2c(-c4ccccc4)cccc23)cc1.Cc1ccc2sc3ccccc3c2c1.Cc1cccc(-c2cccc3c2sc2c(-c4ccccc4)cccc23)c1.Cc1cccc(-c2cccc3c2sc2ccccc23)c1.Cc1cccc2c1sc1c(-c3ccc(-c4ccccc4)cc3)cccc12.Cc1cccc2c1sc1c(-c3ccccc3)cccc12. The van der Waals surface area contributed by atoms with Gasteiger partial charge in [0.25, 0.3) is 0 Å². The molecule has 6 heteroatoms. The lowest BCUT2D eigenvalue weighted by molar-refractivity contribution is 1.47. The fraction of sp³-hybridized carbons (Fsp3) is 0.0476. The molecule has 26 aromatic rings. The van der Waals surface area contributed by atoms with Crippen LogP contribution in [0.5, 0.6) is 0 Å². The first-order valence-electron chi connectivity index (χ1n) is 45.0. The Morgan fingerprint density at radius 2 is 0.348 bits per heavy atom. The van der Waals surface area contributed by atoms with Gasteiger partial charge >= 0.3 is 0 Å². The maximum atomic E-state index is 2.28. The topological polar surface area (TPSA) is 0 Å². The lowest BCUT2D eigenvalue weighted by Gasteiger charge is -2.06. The first kappa shape index (κ1) is 84.6. The summed E-state index contributed by atoms with van der Waals surface area (Å²) in [6.07, 6.45) is 0. The van der Waals surface area contributed by atoms with Gasteiger partial charge < -0.3 is 0 Å². The molecule has 6 heterocycles. The minimum absolute atomic E-state index is 1.26. The Bertz CT molecular complexity index is 8680. The van der Waals surface area contributed by atoms with Crippen LogP contribution in [0.2, 0.25) is 0 Å². The van der Waals surface area contributed by atoms with Crippen LogP contribution >= 0.6 is 68.0 Å². The van der Waals surface area contributed by atoms with E-state index in [0.717, 1.165) is 0 Å². The van der Waals surface area contributed by atoms with Crippen LogP contribution in [0.25, 0.3) is 210 Å². The van der Waals surface area contributed by atoms with Crippen LogP contribution in [0, 0.1) is 41.5 Å². The molecule has 0 atom stereocenters. The Kier molecular flexibility index (Phi) is 24.1. The summed E-state index contributed by atoms with van der Waals surface area (Å²) in [5, 5.41) is 16.4. The van der Waals surface area contributed by atoms with Crippen LogP contribution in [0.3, 0.4) is 0 Å². The number of hydrogen-bond acceptors (Lipinski definition) is 6. The molecule has 0 fully saturated rings. The van der Waals surface area contributed by atoms with Gasteiger partial charge in [0.1, 0.15) is 0 Å². The maximum absolute atomic E-state index is 2.28. The molecule has 0 saturated carbocycles. The predicted octanol–water partition coefficient (Wildman–Crippen LogP) is 39.5. The van der Waals surface area contributed by atoms with Crippen LogP contribution in [-0.4, -0.2) is 0 Å². The van der Waals surface area contributed by atoms with Crippen molar-refractivity contribution in [3.8, 4) is 89.0 Å². The van der Waals surface area contributed by atoms with Crippen molar-refractivity contribution in [2.24, 2.45) is 0 Å². The first-order chi connectivity index (χ1) is 64.9. The molecule has 26 rings (SSSR count). The number of thiophene rings is 6. The van der Waals surface area contributed by atoms with Crippen molar-refractivity contribution in [2.75, 3.05) is 0 Å². The van der Waals surface area contributed by atoms with E-state index in [0.29, 0.717) is 0 Å². The van der Waals surface area contributed by atoms with E-state index in [2.05, 4.69) is 490 Å². The average Bonchev–Trinajstić information content (AvgIpc) is 1.63. The summed E-state index contributed by atoms with van der Waals surface area (Å²) in [5.41, 5.74) is 28.8. The molecule has 632 valence electrons. The summed E-state index contributed by atoms with van der Waals surface area (Å²) < 4.78 is 16.6. The number of hydrogen-bond donors (Lipinski definition) is 0. The third-order valence-electron chi connectivity index (χ3n) is 25.0. The highest BCUT2D eigenvalue weighted by atomic mass is 32.1. The van der Waals surface area contributed by atoms with Gasteiger partial charge in [-0.2, -0.15) is 0 Å². The lowest BCUT2D eigenvalue weighted by Crippen LogP contribution is -1.80. The maximum Gasteiger partial charge on any atom is 0.0434 e. The third kappa shape index (κ3) is 17.1. The fourth-order valence-corrected chi connectivity index (χ4v) is 26.1. The second kappa shape index (κ2) is 37.7. The normalized spacial score (nSPS) is 11.3. The molecular weight excluding hydrogens is 1710 g/mol. The number of benzene rings is 20. The van der Waals surface area contributed by atoms with Crippen molar-refractivity contribution in [1.82, 2.24) is 0 Å². The zero-order valence-electron chi connectivity index (χ0n) is 74.2. The molecule has 0 aliphatic rings. The molecule has 0 N–H and O–H groups in total. The van der Waals surface area contributed by atoms with Gasteiger partial charge in [0.15, 0.2) is 0 Å². The second-order valence-corrected chi connectivity index (χ2v) is 40.1. The average molecular weight is 1800 g/mol. The molecule has 0 radical (unpaired) electrons. The molecular formula is C126H92S6. The summed E-state index contributed by atoms with van der Waals surface area (Å²) >= 11 is 11.4. The summed E-state index contributed by atoms with van der Waals surface area (Å²) in [5.74, 6) is 0. The van der Waals surface area contributed by atoms with Gasteiger partial charge in [-0.1, -0.05) is 447 Å². The van der Waals surface area contributed by atoms with Gasteiger partial charge in [-0.25, -0.2) is 0 Å². The summed E-state index contributed by atoms with van der Waals surface area (Å²) in [6, 6.07) is 162. The van der Waals surface area contributed by atoms with E-state index in [-0.39, 0.29) is 0 Å². The third-order valence-corrected chi connectivity index (χ3v) is 32.7. The highest BCUT2D eigenvalue weighted by Gasteiger charge is 2.20. The van der Waals surface area contributed by atoms with Gasteiger partial charge in [-0.3, -0.25) is 0 Å². The van der Waals surface area contributed by atoms with Gasteiger partial charge in [0.2, 0.25) is 0 Å². The van der Waals surface area contributed by atoms with Crippen molar-refractivity contribution in [1.29, 1.82) is 0 Å². The standard InChI is InChI=1S/3C25H18S.2C19H14S.C13H10S/c1-17-8-5-11-19(16-17)21-13-7-15-23-22-14-6-12-20(24(22)26-25(21)23)18-9-3-2-4-10-18;1-17-7-5-11-22-23-12-6-10-21(25(23)26-24(17)22)20-15-13-19(14-16-20)18-8-3-2-4-9-18;1-17-13-15-19(16-14-17)21-10-6-12-23-22-11-5-9-20(24(22)26-25(21)23)18-7-3-2-4-8-18;1-13-6-4-7-14(12-13)15-9-5-10-17-16-8-2-3-11-18(16)20-19(15)17;1-13-7-5-11-16-17-12-6-10-15(19(17)20-18(13)16)14-8-3-2-4-9-14;1-9-6-7-13-11(8-9)10-4-2-3-5-12(10)14-13/h3*2-16H,1H3;2*2-12H,1H3;2-8H,1H3. The minimum Gasteiger partial charge on any atom is -0.135 e.